The molecule has 2 aliphatic rings. The number of thiophene rings is 1. The lowest BCUT2D eigenvalue weighted by atomic mass is 9.89. The van der Waals surface area contributed by atoms with Gasteiger partial charge in [0.05, 0.1) is 0 Å². The monoisotopic (exact) mass is 471 g/mol. The van der Waals surface area contributed by atoms with Gasteiger partial charge in [-0.05, 0) is 85.3 Å². The summed E-state index contributed by atoms with van der Waals surface area (Å²) in [5.74, 6) is 0.666. The van der Waals surface area contributed by atoms with Crippen LogP contribution in [0.15, 0.2) is 51.1 Å². The van der Waals surface area contributed by atoms with Crippen LogP contribution in [0.4, 0.5) is 0 Å². The van der Waals surface area contributed by atoms with E-state index >= 15 is 0 Å². The lowest BCUT2D eigenvalue weighted by Gasteiger charge is -2.33. The summed E-state index contributed by atoms with van der Waals surface area (Å²) < 4.78 is 2.51. The van der Waals surface area contributed by atoms with Crippen LogP contribution < -0.4 is 0 Å². The molecule has 3 heterocycles. The van der Waals surface area contributed by atoms with Gasteiger partial charge >= 0.3 is 0 Å². The standard InChI is InChI=1S/C24H26BrNS2/c25-21-7-2-1-6-18(21)19-10-11-22-23(24(19)27)20(15-28-22)16-8-9-17-5-3-4-13-26(17)14-12-16/h1-2,6-7,10-11,15-17,27H,3-5,8-9,12-14H2. The summed E-state index contributed by atoms with van der Waals surface area (Å²) in [5.41, 5.74) is 4.00. The molecule has 5 rings (SSSR count). The maximum atomic E-state index is 5.06. The van der Waals surface area contributed by atoms with Gasteiger partial charge < -0.3 is 4.90 Å². The van der Waals surface area contributed by atoms with Crippen molar-refractivity contribution < 1.29 is 0 Å². The van der Waals surface area contributed by atoms with Gasteiger partial charge in [-0.3, -0.25) is 0 Å². The summed E-state index contributed by atoms with van der Waals surface area (Å²) in [6, 6.07) is 13.8. The molecular weight excluding hydrogens is 446 g/mol. The Bertz CT molecular complexity index is 979. The molecular formula is C24H26BrNS2. The van der Waals surface area contributed by atoms with Crippen molar-refractivity contribution in [3.63, 3.8) is 0 Å². The predicted molar refractivity (Wildman–Crippen MR) is 128 cm³/mol. The molecule has 0 aliphatic carbocycles. The largest absolute Gasteiger partial charge is 0.300 e. The molecule has 2 unspecified atom stereocenters. The van der Waals surface area contributed by atoms with Gasteiger partial charge in [0.15, 0.2) is 0 Å². The molecule has 2 saturated heterocycles. The third-order valence-electron chi connectivity index (χ3n) is 6.71. The minimum atomic E-state index is 0.666. The topological polar surface area (TPSA) is 3.24 Å². The number of thiol groups is 1. The van der Waals surface area contributed by atoms with Crippen molar-refractivity contribution in [1.82, 2.24) is 4.90 Å². The fraction of sp³-hybridized carbons (Fsp3) is 0.417. The minimum absolute atomic E-state index is 0.666. The quantitative estimate of drug-likeness (QED) is 0.373. The van der Waals surface area contributed by atoms with Crippen LogP contribution in [-0.2, 0) is 0 Å². The van der Waals surface area contributed by atoms with E-state index in [9.17, 15) is 0 Å². The number of benzene rings is 2. The maximum Gasteiger partial charge on any atom is 0.0357 e. The van der Waals surface area contributed by atoms with Crippen LogP contribution >= 0.6 is 39.9 Å². The van der Waals surface area contributed by atoms with Crippen molar-refractivity contribution in [2.75, 3.05) is 13.1 Å². The Hall–Kier alpha value is -0.810. The predicted octanol–water partition coefficient (Wildman–Crippen LogP) is 7.74. The van der Waals surface area contributed by atoms with Crippen molar-refractivity contribution in [3.8, 4) is 11.1 Å². The second-order valence-electron chi connectivity index (χ2n) is 8.25. The highest BCUT2D eigenvalue weighted by Gasteiger charge is 2.29. The molecule has 28 heavy (non-hydrogen) atoms. The van der Waals surface area contributed by atoms with E-state index < -0.39 is 0 Å². The van der Waals surface area contributed by atoms with E-state index in [0.717, 1.165) is 15.4 Å². The fourth-order valence-electron chi connectivity index (χ4n) is 5.18. The zero-order chi connectivity index (χ0) is 19.1. The summed E-state index contributed by atoms with van der Waals surface area (Å²) in [5, 5.41) is 3.81. The van der Waals surface area contributed by atoms with Crippen LogP contribution in [0.1, 0.15) is 50.0 Å². The first-order chi connectivity index (χ1) is 13.7. The molecule has 146 valence electrons. The summed E-state index contributed by atoms with van der Waals surface area (Å²) in [6.45, 7) is 2.57. The van der Waals surface area contributed by atoms with Crippen LogP contribution in [0.3, 0.4) is 0 Å². The molecule has 0 spiro atoms. The Morgan fingerprint density at radius 3 is 2.71 bits per heavy atom. The first-order valence-corrected chi connectivity index (χ1v) is 12.6. The van der Waals surface area contributed by atoms with Gasteiger partial charge in [0.2, 0.25) is 0 Å². The van der Waals surface area contributed by atoms with Gasteiger partial charge in [0.1, 0.15) is 0 Å². The van der Waals surface area contributed by atoms with E-state index in [0.29, 0.717) is 5.92 Å². The number of hydrogen-bond acceptors (Lipinski definition) is 3. The SMILES string of the molecule is Sc1c(-c2ccccc2Br)ccc2scc(C3CCC4CCCCN4CC3)c12. The highest BCUT2D eigenvalue weighted by Crippen LogP contribution is 2.44. The van der Waals surface area contributed by atoms with Crippen molar-refractivity contribution in [2.24, 2.45) is 0 Å². The number of piperidine rings is 1. The van der Waals surface area contributed by atoms with E-state index in [4.69, 9.17) is 12.6 Å². The average Bonchev–Trinajstić information content (AvgIpc) is 3.03. The molecule has 2 atom stereocenters. The van der Waals surface area contributed by atoms with Crippen molar-refractivity contribution in [1.29, 1.82) is 0 Å². The van der Waals surface area contributed by atoms with Gasteiger partial charge in [-0.2, -0.15) is 0 Å². The summed E-state index contributed by atoms with van der Waals surface area (Å²) in [6.07, 6.45) is 8.17. The first-order valence-electron chi connectivity index (χ1n) is 10.4. The maximum absolute atomic E-state index is 5.06. The van der Waals surface area contributed by atoms with Crippen LogP contribution in [-0.4, -0.2) is 24.0 Å². The van der Waals surface area contributed by atoms with Crippen molar-refractivity contribution in [3.05, 3.63) is 51.8 Å². The average molecular weight is 473 g/mol. The van der Waals surface area contributed by atoms with E-state index in [-0.39, 0.29) is 0 Å². The highest BCUT2D eigenvalue weighted by atomic mass is 79.9. The van der Waals surface area contributed by atoms with Crippen molar-refractivity contribution >= 4 is 50.0 Å². The molecule has 1 nitrogen and oxygen atoms in total. The zero-order valence-electron chi connectivity index (χ0n) is 16.0. The van der Waals surface area contributed by atoms with Gasteiger partial charge in [0.25, 0.3) is 0 Å². The highest BCUT2D eigenvalue weighted by molar-refractivity contribution is 9.10. The Morgan fingerprint density at radius 2 is 1.82 bits per heavy atom. The molecule has 4 heteroatoms. The minimum Gasteiger partial charge on any atom is -0.300 e. The number of fused-ring (bicyclic) bond motifs is 2. The molecule has 3 aromatic rings. The lowest BCUT2D eigenvalue weighted by molar-refractivity contribution is 0.151. The third kappa shape index (κ3) is 3.47. The van der Waals surface area contributed by atoms with Crippen molar-refractivity contribution in [2.45, 2.75) is 55.4 Å². The Balaban J connectivity index is 1.53. The van der Waals surface area contributed by atoms with Gasteiger partial charge in [-0.25, -0.2) is 0 Å². The molecule has 1 aromatic heterocycles. The van der Waals surface area contributed by atoms with E-state index in [1.807, 2.05) is 11.3 Å². The van der Waals surface area contributed by atoms with Crippen LogP contribution in [0.2, 0.25) is 0 Å². The van der Waals surface area contributed by atoms with E-state index in [1.165, 1.54) is 72.8 Å². The molecule has 2 aliphatic heterocycles. The van der Waals surface area contributed by atoms with Gasteiger partial charge in [-0.15, -0.1) is 24.0 Å². The number of halogens is 1. The van der Waals surface area contributed by atoms with E-state index in [1.54, 1.807) is 5.56 Å². The Morgan fingerprint density at radius 1 is 0.929 bits per heavy atom. The smallest absolute Gasteiger partial charge is 0.0357 e. The first kappa shape index (κ1) is 19.2. The molecule has 0 radical (unpaired) electrons. The van der Waals surface area contributed by atoms with Gasteiger partial charge in [-0.1, -0.05) is 46.6 Å². The van der Waals surface area contributed by atoms with E-state index in [2.05, 4.69) is 62.6 Å². The number of rotatable bonds is 2. The number of hydrogen-bond donors (Lipinski definition) is 1. The molecule has 2 aromatic carbocycles. The lowest BCUT2D eigenvalue weighted by Crippen LogP contribution is -2.38. The molecule has 0 bridgehead atoms. The second-order valence-corrected chi connectivity index (χ2v) is 10.5. The van der Waals surface area contributed by atoms with Gasteiger partial charge in [0, 0.05) is 25.5 Å². The fourth-order valence-corrected chi connectivity index (χ4v) is 7.25. The Labute approximate surface area is 185 Å². The summed E-state index contributed by atoms with van der Waals surface area (Å²) in [7, 11) is 0. The second kappa shape index (κ2) is 8.14. The third-order valence-corrected chi connectivity index (χ3v) is 8.83. The molecule has 2 fully saturated rings. The number of nitrogens with zero attached hydrogens (tertiary/aromatic N) is 1. The summed E-state index contributed by atoms with van der Waals surface area (Å²) in [4.78, 5) is 3.91. The van der Waals surface area contributed by atoms with Crippen LogP contribution in [0.25, 0.3) is 21.2 Å². The normalized spacial score (nSPS) is 23.5. The van der Waals surface area contributed by atoms with Crippen LogP contribution in [0.5, 0.6) is 0 Å². The Kier molecular flexibility index (Phi) is 5.57. The summed E-state index contributed by atoms with van der Waals surface area (Å²) >= 11 is 10.7. The molecule has 0 N–H and O–H groups in total. The molecule has 0 saturated carbocycles. The molecule has 0 amide bonds. The van der Waals surface area contributed by atoms with Crippen LogP contribution in [0, 0.1) is 0 Å². The zero-order valence-corrected chi connectivity index (χ0v) is 19.3.